The van der Waals surface area contributed by atoms with Crippen molar-refractivity contribution < 1.29 is 14.3 Å². The van der Waals surface area contributed by atoms with Gasteiger partial charge in [0.1, 0.15) is 18.1 Å². The van der Waals surface area contributed by atoms with Crippen LogP contribution >= 0.6 is 0 Å². The predicted molar refractivity (Wildman–Crippen MR) is 73.5 cm³/mol. The molecule has 1 saturated carbocycles. The van der Waals surface area contributed by atoms with Crippen molar-refractivity contribution in [3.63, 3.8) is 0 Å². The van der Waals surface area contributed by atoms with Crippen molar-refractivity contribution in [2.75, 3.05) is 27.3 Å². The Bertz CT molecular complexity index is 412. The molecule has 4 heteroatoms. The fraction of sp³-hybridized carbons (Fsp3) is 0.533. The Hall–Kier alpha value is -1.71. The number of likely N-dealkylation sites (N-methyl/N-ethyl adjacent to an activating group) is 1. The zero-order valence-electron chi connectivity index (χ0n) is 11.6. The normalized spacial score (nSPS) is 14.6. The second kappa shape index (κ2) is 6.45. The van der Waals surface area contributed by atoms with Crippen LogP contribution in [0.1, 0.15) is 19.3 Å². The molecule has 0 radical (unpaired) electrons. The minimum absolute atomic E-state index is 0.254. The Balaban J connectivity index is 1.71. The van der Waals surface area contributed by atoms with E-state index in [2.05, 4.69) is 0 Å². The average molecular weight is 263 g/mol. The lowest BCUT2D eigenvalue weighted by molar-refractivity contribution is -0.137. The van der Waals surface area contributed by atoms with Crippen molar-refractivity contribution >= 4 is 5.91 Å². The highest BCUT2D eigenvalue weighted by Crippen LogP contribution is 2.27. The van der Waals surface area contributed by atoms with E-state index in [4.69, 9.17) is 9.47 Å². The lowest BCUT2D eigenvalue weighted by Crippen LogP contribution is -2.38. The van der Waals surface area contributed by atoms with Crippen LogP contribution in [0.5, 0.6) is 11.5 Å². The Morgan fingerprint density at radius 2 is 1.89 bits per heavy atom. The van der Waals surface area contributed by atoms with Gasteiger partial charge in [-0.25, -0.2) is 0 Å². The molecule has 2 rings (SSSR count). The number of ether oxygens (including phenoxy) is 2. The molecule has 0 heterocycles. The summed E-state index contributed by atoms with van der Waals surface area (Å²) in [7, 11) is 3.48. The molecular formula is C15H21NO3. The smallest absolute Gasteiger partial charge is 0.225 e. The van der Waals surface area contributed by atoms with E-state index in [0.29, 0.717) is 13.2 Å². The Labute approximate surface area is 114 Å². The molecule has 1 aliphatic carbocycles. The zero-order valence-corrected chi connectivity index (χ0v) is 11.6. The van der Waals surface area contributed by atoms with Gasteiger partial charge in [-0.2, -0.15) is 0 Å². The summed E-state index contributed by atoms with van der Waals surface area (Å²) in [5.41, 5.74) is 0. The summed E-state index contributed by atoms with van der Waals surface area (Å²) in [5, 5.41) is 0. The maximum atomic E-state index is 11.9. The lowest BCUT2D eigenvalue weighted by Gasteiger charge is -2.29. The van der Waals surface area contributed by atoms with E-state index >= 15 is 0 Å². The lowest BCUT2D eigenvalue weighted by atomic mass is 9.84. The van der Waals surface area contributed by atoms with Crippen LogP contribution in [0, 0.1) is 5.92 Å². The van der Waals surface area contributed by atoms with Crippen LogP contribution in [0.4, 0.5) is 0 Å². The summed E-state index contributed by atoms with van der Waals surface area (Å²) in [5.74, 6) is 2.12. The van der Waals surface area contributed by atoms with E-state index in [-0.39, 0.29) is 11.8 Å². The average Bonchev–Trinajstić information content (AvgIpc) is 2.37. The minimum Gasteiger partial charge on any atom is -0.497 e. The fourth-order valence-corrected chi connectivity index (χ4v) is 2.05. The van der Waals surface area contributed by atoms with Crippen LogP contribution in [0.3, 0.4) is 0 Å². The molecule has 1 aliphatic rings. The standard InChI is InChI=1S/C15H21NO3/c1-16(15(17)12-4-3-5-12)10-11-19-14-8-6-13(18-2)7-9-14/h6-9,12H,3-5,10-11H2,1-2H3. The van der Waals surface area contributed by atoms with E-state index < -0.39 is 0 Å². The largest absolute Gasteiger partial charge is 0.497 e. The Morgan fingerprint density at radius 1 is 1.26 bits per heavy atom. The van der Waals surface area contributed by atoms with Gasteiger partial charge in [-0.15, -0.1) is 0 Å². The van der Waals surface area contributed by atoms with Gasteiger partial charge in [0.05, 0.1) is 13.7 Å². The third-order valence-electron chi connectivity index (χ3n) is 3.59. The van der Waals surface area contributed by atoms with E-state index in [0.717, 1.165) is 24.3 Å². The summed E-state index contributed by atoms with van der Waals surface area (Å²) < 4.78 is 10.7. The van der Waals surface area contributed by atoms with Gasteiger partial charge in [0.25, 0.3) is 0 Å². The molecule has 0 saturated heterocycles. The molecule has 0 N–H and O–H groups in total. The van der Waals surface area contributed by atoms with E-state index in [1.54, 1.807) is 12.0 Å². The highest BCUT2D eigenvalue weighted by molar-refractivity contribution is 5.79. The van der Waals surface area contributed by atoms with Gasteiger partial charge in [-0.3, -0.25) is 4.79 Å². The van der Waals surface area contributed by atoms with E-state index in [1.807, 2.05) is 31.3 Å². The number of rotatable bonds is 6. The van der Waals surface area contributed by atoms with Gasteiger partial charge >= 0.3 is 0 Å². The van der Waals surface area contributed by atoms with Crippen molar-refractivity contribution in [3.8, 4) is 11.5 Å². The second-order valence-corrected chi connectivity index (χ2v) is 4.91. The number of amides is 1. The summed E-state index contributed by atoms with van der Waals surface area (Å²) in [4.78, 5) is 13.7. The van der Waals surface area contributed by atoms with E-state index in [1.165, 1.54) is 6.42 Å². The molecule has 0 aromatic heterocycles. The molecule has 104 valence electrons. The molecule has 1 fully saturated rings. The zero-order chi connectivity index (χ0) is 13.7. The van der Waals surface area contributed by atoms with Gasteiger partial charge in [-0.1, -0.05) is 6.42 Å². The van der Waals surface area contributed by atoms with Crippen LogP contribution in [-0.2, 0) is 4.79 Å². The molecular weight excluding hydrogens is 242 g/mol. The number of methoxy groups -OCH3 is 1. The summed E-state index contributed by atoms with van der Waals surface area (Å²) >= 11 is 0. The summed E-state index contributed by atoms with van der Waals surface area (Å²) in [6.45, 7) is 1.14. The molecule has 19 heavy (non-hydrogen) atoms. The predicted octanol–water partition coefficient (Wildman–Crippen LogP) is 2.33. The molecule has 4 nitrogen and oxygen atoms in total. The third kappa shape index (κ3) is 3.63. The number of hydrogen-bond acceptors (Lipinski definition) is 3. The van der Waals surface area contributed by atoms with Crippen molar-refractivity contribution in [2.45, 2.75) is 19.3 Å². The van der Waals surface area contributed by atoms with Gasteiger partial charge in [0, 0.05) is 13.0 Å². The molecule has 0 unspecified atom stereocenters. The van der Waals surface area contributed by atoms with Crippen LogP contribution < -0.4 is 9.47 Å². The topological polar surface area (TPSA) is 38.8 Å². The number of carbonyl (C=O) groups excluding carboxylic acids is 1. The minimum atomic E-state index is 0.254. The van der Waals surface area contributed by atoms with Crippen LogP contribution in [0.25, 0.3) is 0 Å². The molecule has 0 aliphatic heterocycles. The third-order valence-corrected chi connectivity index (χ3v) is 3.59. The Morgan fingerprint density at radius 3 is 2.42 bits per heavy atom. The number of hydrogen-bond donors (Lipinski definition) is 0. The first kappa shape index (κ1) is 13.7. The maximum absolute atomic E-state index is 11.9. The first-order chi connectivity index (χ1) is 9.20. The van der Waals surface area contributed by atoms with Crippen molar-refractivity contribution in [1.82, 2.24) is 4.90 Å². The van der Waals surface area contributed by atoms with Gasteiger partial charge < -0.3 is 14.4 Å². The highest BCUT2D eigenvalue weighted by atomic mass is 16.5. The number of benzene rings is 1. The highest BCUT2D eigenvalue weighted by Gasteiger charge is 2.27. The molecule has 1 aromatic rings. The molecule has 0 spiro atoms. The number of nitrogens with zero attached hydrogens (tertiary/aromatic N) is 1. The summed E-state index contributed by atoms with van der Waals surface area (Å²) in [6, 6.07) is 7.45. The van der Waals surface area contributed by atoms with Crippen LogP contribution in [-0.4, -0.2) is 38.1 Å². The molecule has 1 aromatic carbocycles. The van der Waals surface area contributed by atoms with Crippen molar-refractivity contribution in [1.29, 1.82) is 0 Å². The number of carbonyl (C=O) groups is 1. The SMILES string of the molecule is COc1ccc(OCCN(C)C(=O)C2CCC2)cc1. The first-order valence-electron chi connectivity index (χ1n) is 6.72. The van der Waals surface area contributed by atoms with E-state index in [9.17, 15) is 4.79 Å². The molecule has 0 atom stereocenters. The second-order valence-electron chi connectivity index (χ2n) is 4.91. The maximum Gasteiger partial charge on any atom is 0.225 e. The van der Waals surface area contributed by atoms with Gasteiger partial charge in [0.2, 0.25) is 5.91 Å². The van der Waals surface area contributed by atoms with Crippen molar-refractivity contribution in [2.24, 2.45) is 5.92 Å². The quantitative estimate of drug-likeness (QED) is 0.790. The van der Waals surface area contributed by atoms with Crippen LogP contribution in [0.15, 0.2) is 24.3 Å². The van der Waals surface area contributed by atoms with Gasteiger partial charge in [0.15, 0.2) is 0 Å². The first-order valence-corrected chi connectivity index (χ1v) is 6.72. The van der Waals surface area contributed by atoms with Gasteiger partial charge in [-0.05, 0) is 37.1 Å². The molecule has 1 amide bonds. The van der Waals surface area contributed by atoms with Crippen LogP contribution in [0.2, 0.25) is 0 Å². The van der Waals surface area contributed by atoms with Crippen molar-refractivity contribution in [3.05, 3.63) is 24.3 Å². The monoisotopic (exact) mass is 263 g/mol. The molecule has 0 bridgehead atoms. The summed E-state index contributed by atoms with van der Waals surface area (Å²) in [6.07, 6.45) is 3.28. The Kier molecular flexibility index (Phi) is 4.66. The fourth-order valence-electron chi connectivity index (χ4n) is 2.05.